The number of methoxy groups -OCH3 is 1. The monoisotopic (exact) mass is 212 g/mol. The van der Waals surface area contributed by atoms with Crippen LogP contribution >= 0.6 is 0 Å². The molecule has 0 amide bonds. The van der Waals surface area contributed by atoms with E-state index in [1.165, 1.54) is 52.1 Å². The van der Waals surface area contributed by atoms with Crippen molar-refractivity contribution in [2.75, 3.05) is 7.11 Å². The summed E-state index contributed by atoms with van der Waals surface area (Å²) in [6.45, 7) is 2.24. The van der Waals surface area contributed by atoms with Crippen LogP contribution in [0.25, 0.3) is 0 Å². The average molecular weight is 212 g/mol. The first-order valence-corrected chi connectivity index (χ1v) is 6.37. The maximum atomic E-state index is 11.1. The number of carbonyl (C=O) groups is 1. The van der Waals surface area contributed by atoms with Gasteiger partial charge in [-0.3, -0.25) is 4.79 Å². The predicted octanol–water partition coefficient (Wildman–Crippen LogP) is 3.55. The molecule has 2 nitrogen and oxygen atoms in total. The van der Waals surface area contributed by atoms with Crippen LogP contribution in [-0.2, 0) is 9.53 Å². The van der Waals surface area contributed by atoms with Gasteiger partial charge in [0.2, 0.25) is 0 Å². The molecular weight excluding hydrogens is 188 g/mol. The van der Waals surface area contributed by atoms with Gasteiger partial charge < -0.3 is 4.74 Å². The highest BCUT2D eigenvalue weighted by molar-refractivity contribution is 5.75. The molecule has 0 aliphatic heterocycles. The van der Waals surface area contributed by atoms with Crippen LogP contribution in [0, 0.1) is 11.8 Å². The van der Waals surface area contributed by atoms with Crippen molar-refractivity contribution < 1.29 is 9.53 Å². The van der Waals surface area contributed by atoms with E-state index in [4.69, 9.17) is 4.74 Å². The molecule has 1 aliphatic carbocycles. The molecule has 2 heteroatoms. The SMILES string of the molecule is CCCCCCCC[C@@H]1C[C@@H]1C(=O)OC. The maximum Gasteiger partial charge on any atom is 0.308 e. The second-order valence-corrected chi connectivity index (χ2v) is 4.68. The molecule has 15 heavy (non-hydrogen) atoms. The van der Waals surface area contributed by atoms with Gasteiger partial charge >= 0.3 is 5.97 Å². The Kier molecular flexibility index (Phi) is 5.74. The molecule has 1 fully saturated rings. The van der Waals surface area contributed by atoms with Crippen LogP contribution in [0.15, 0.2) is 0 Å². The molecular formula is C13H24O2. The normalized spacial score (nSPS) is 23.9. The van der Waals surface area contributed by atoms with Crippen molar-refractivity contribution in [3.05, 3.63) is 0 Å². The summed E-state index contributed by atoms with van der Waals surface area (Å²) in [4.78, 5) is 11.1. The van der Waals surface area contributed by atoms with Gasteiger partial charge in [0.1, 0.15) is 0 Å². The minimum Gasteiger partial charge on any atom is -0.469 e. The molecule has 0 aromatic heterocycles. The highest BCUT2D eigenvalue weighted by Crippen LogP contribution is 2.43. The third-order valence-corrected chi connectivity index (χ3v) is 3.35. The Morgan fingerprint density at radius 2 is 1.87 bits per heavy atom. The van der Waals surface area contributed by atoms with Crippen LogP contribution in [0.5, 0.6) is 0 Å². The molecule has 0 saturated heterocycles. The Morgan fingerprint density at radius 3 is 2.53 bits per heavy atom. The van der Waals surface area contributed by atoms with Crippen molar-refractivity contribution >= 4 is 5.97 Å². The number of hydrogen-bond acceptors (Lipinski definition) is 2. The summed E-state index contributed by atoms with van der Waals surface area (Å²) in [5, 5.41) is 0. The van der Waals surface area contributed by atoms with E-state index in [-0.39, 0.29) is 11.9 Å². The van der Waals surface area contributed by atoms with Gasteiger partial charge in [0.05, 0.1) is 13.0 Å². The Morgan fingerprint density at radius 1 is 1.20 bits per heavy atom. The summed E-state index contributed by atoms with van der Waals surface area (Å²) in [6, 6.07) is 0. The summed E-state index contributed by atoms with van der Waals surface area (Å²) < 4.78 is 4.72. The van der Waals surface area contributed by atoms with Gasteiger partial charge in [-0.05, 0) is 18.8 Å². The summed E-state index contributed by atoms with van der Waals surface area (Å²) in [5.41, 5.74) is 0. The lowest BCUT2D eigenvalue weighted by molar-refractivity contribution is -0.142. The third-order valence-electron chi connectivity index (χ3n) is 3.35. The third kappa shape index (κ3) is 4.67. The van der Waals surface area contributed by atoms with Crippen LogP contribution in [0.2, 0.25) is 0 Å². The molecule has 1 aliphatic rings. The molecule has 2 atom stereocenters. The molecule has 1 saturated carbocycles. The first-order chi connectivity index (χ1) is 7.29. The summed E-state index contributed by atoms with van der Waals surface area (Å²) in [6.07, 6.45) is 10.4. The molecule has 0 N–H and O–H groups in total. The topological polar surface area (TPSA) is 26.3 Å². The van der Waals surface area contributed by atoms with Crippen molar-refractivity contribution in [1.29, 1.82) is 0 Å². The van der Waals surface area contributed by atoms with Crippen LogP contribution in [0.1, 0.15) is 58.3 Å². The second-order valence-electron chi connectivity index (χ2n) is 4.68. The van der Waals surface area contributed by atoms with Crippen molar-refractivity contribution in [1.82, 2.24) is 0 Å². The largest absolute Gasteiger partial charge is 0.469 e. The number of rotatable bonds is 8. The molecule has 0 aromatic carbocycles. The fourth-order valence-corrected chi connectivity index (χ4v) is 2.19. The van der Waals surface area contributed by atoms with Gasteiger partial charge in [-0.25, -0.2) is 0 Å². The molecule has 0 spiro atoms. The Labute approximate surface area is 93.4 Å². The first kappa shape index (κ1) is 12.5. The van der Waals surface area contributed by atoms with Crippen molar-refractivity contribution in [3.8, 4) is 0 Å². The van der Waals surface area contributed by atoms with E-state index in [9.17, 15) is 4.79 Å². The minimum absolute atomic E-state index is 0.00554. The van der Waals surface area contributed by atoms with E-state index >= 15 is 0 Å². The second kappa shape index (κ2) is 6.86. The summed E-state index contributed by atoms with van der Waals surface area (Å²) in [5.74, 6) is 0.889. The Balaban J connectivity index is 1.88. The van der Waals surface area contributed by atoms with E-state index < -0.39 is 0 Å². The van der Waals surface area contributed by atoms with E-state index in [0.717, 1.165) is 6.42 Å². The van der Waals surface area contributed by atoms with Gasteiger partial charge in [0.25, 0.3) is 0 Å². The predicted molar refractivity (Wildman–Crippen MR) is 61.6 cm³/mol. The van der Waals surface area contributed by atoms with Gasteiger partial charge in [-0.1, -0.05) is 45.4 Å². The highest BCUT2D eigenvalue weighted by atomic mass is 16.5. The minimum atomic E-state index is 0.00554. The molecule has 0 heterocycles. The van der Waals surface area contributed by atoms with Crippen LogP contribution < -0.4 is 0 Å². The van der Waals surface area contributed by atoms with Gasteiger partial charge in [-0.15, -0.1) is 0 Å². The maximum absolute atomic E-state index is 11.1. The van der Waals surface area contributed by atoms with Gasteiger partial charge in [0.15, 0.2) is 0 Å². The van der Waals surface area contributed by atoms with Crippen LogP contribution in [-0.4, -0.2) is 13.1 Å². The number of unbranched alkanes of at least 4 members (excludes halogenated alkanes) is 5. The molecule has 88 valence electrons. The molecule has 0 unspecified atom stereocenters. The number of esters is 1. The van der Waals surface area contributed by atoms with Gasteiger partial charge in [-0.2, -0.15) is 0 Å². The first-order valence-electron chi connectivity index (χ1n) is 6.37. The van der Waals surface area contributed by atoms with E-state index in [1.54, 1.807) is 0 Å². The van der Waals surface area contributed by atoms with Crippen molar-refractivity contribution in [2.24, 2.45) is 11.8 Å². The van der Waals surface area contributed by atoms with E-state index in [2.05, 4.69) is 6.92 Å². The molecule has 0 aromatic rings. The zero-order valence-corrected chi connectivity index (χ0v) is 10.1. The molecule has 0 bridgehead atoms. The van der Waals surface area contributed by atoms with Gasteiger partial charge in [0, 0.05) is 0 Å². The van der Waals surface area contributed by atoms with Crippen LogP contribution in [0.4, 0.5) is 0 Å². The zero-order valence-electron chi connectivity index (χ0n) is 10.1. The lowest BCUT2D eigenvalue weighted by Gasteiger charge is -2.00. The summed E-state index contributed by atoms with van der Waals surface area (Å²) >= 11 is 0. The zero-order chi connectivity index (χ0) is 11.1. The molecule has 1 rings (SSSR count). The van der Waals surface area contributed by atoms with E-state index in [1.807, 2.05) is 0 Å². The smallest absolute Gasteiger partial charge is 0.308 e. The lowest BCUT2D eigenvalue weighted by Crippen LogP contribution is -2.04. The Bertz CT molecular complexity index is 189. The van der Waals surface area contributed by atoms with Crippen LogP contribution in [0.3, 0.4) is 0 Å². The van der Waals surface area contributed by atoms with Crippen molar-refractivity contribution in [3.63, 3.8) is 0 Å². The fourth-order valence-electron chi connectivity index (χ4n) is 2.19. The Hall–Kier alpha value is -0.530. The number of ether oxygens (including phenoxy) is 1. The lowest BCUT2D eigenvalue weighted by atomic mass is 10.1. The van der Waals surface area contributed by atoms with Crippen molar-refractivity contribution in [2.45, 2.75) is 58.3 Å². The highest BCUT2D eigenvalue weighted by Gasteiger charge is 2.42. The van der Waals surface area contributed by atoms with E-state index in [0.29, 0.717) is 5.92 Å². The summed E-state index contributed by atoms with van der Waals surface area (Å²) in [7, 11) is 1.49. The molecule has 0 radical (unpaired) electrons. The standard InChI is InChI=1S/C13H24O2/c1-3-4-5-6-7-8-9-11-10-12(11)13(14)15-2/h11-12H,3-10H2,1-2H3/t11-,12+/m1/s1. The number of hydrogen-bond donors (Lipinski definition) is 0. The average Bonchev–Trinajstić information content (AvgIpc) is 3.01. The quantitative estimate of drug-likeness (QED) is 0.454. The fraction of sp³-hybridized carbons (Fsp3) is 0.923. The number of carbonyl (C=O) groups excluding carboxylic acids is 1.